The van der Waals surface area contributed by atoms with Crippen LogP contribution in [0.15, 0.2) is 18.2 Å². The first kappa shape index (κ1) is 14.9. The standard InChI is InChI=1S/C13H13Cl2NO4/c14-8-1-2-9(15)10(5-8)20-6-11(17)16-7-13(3-4-13)12(18)19/h1-2,5H,3-4,6-7H2,(H,16,17)(H,18,19). The molecule has 1 aliphatic rings. The van der Waals surface area contributed by atoms with Gasteiger partial charge in [-0.2, -0.15) is 0 Å². The molecule has 0 heterocycles. The van der Waals surface area contributed by atoms with Crippen LogP contribution in [-0.2, 0) is 9.59 Å². The maximum atomic E-state index is 11.6. The van der Waals surface area contributed by atoms with Gasteiger partial charge in [-0.1, -0.05) is 23.2 Å². The molecular formula is C13H13Cl2NO4. The van der Waals surface area contributed by atoms with Crippen LogP contribution in [0.3, 0.4) is 0 Å². The molecule has 0 spiro atoms. The Bertz CT molecular complexity index is 543. The van der Waals surface area contributed by atoms with Gasteiger partial charge in [-0.3, -0.25) is 9.59 Å². The predicted octanol–water partition coefficient (Wildman–Crippen LogP) is 2.35. The highest BCUT2D eigenvalue weighted by Crippen LogP contribution is 2.45. The molecule has 1 aromatic carbocycles. The van der Waals surface area contributed by atoms with Crippen LogP contribution in [-0.4, -0.2) is 30.1 Å². The first-order chi connectivity index (χ1) is 9.43. The van der Waals surface area contributed by atoms with E-state index >= 15 is 0 Å². The zero-order chi connectivity index (χ0) is 14.8. The fourth-order valence-electron chi connectivity index (χ4n) is 1.67. The van der Waals surface area contributed by atoms with Crippen LogP contribution < -0.4 is 10.1 Å². The van der Waals surface area contributed by atoms with Crippen LogP contribution >= 0.6 is 23.2 Å². The fourth-order valence-corrected chi connectivity index (χ4v) is 2.00. The summed E-state index contributed by atoms with van der Waals surface area (Å²) < 4.78 is 5.25. The highest BCUT2D eigenvalue weighted by molar-refractivity contribution is 6.34. The number of amides is 1. The fraction of sp³-hybridized carbons (Fsp3) is 0.385. The lowest BCUT2D eigenvalue weighted by atomic mass is 10.1. The molecule has 0 aliphatic heterocycles. The van der Waals surface area contributed by atoms with Crippen LogP contribution in [0.5, 0.6) is 5.75 Å². The Balaban J connectivity index is 1.81. The summed E-state index contributed by atoms with van der Waals surface area (Å²) in [6.07, 6.45) is 1.17. The lowest BCUT2D eigenvalue weighted by Crippen LogP contribution is -2.36. The van der Waals surface area contributed by atoms with E-state index in [-0.39, 0.29) is 13.2 Å². The molecule has 0 aromatic heterocycles. The van der Waals surface area contributed by atoms with E-state index in [1.807, 2.05) is 0 Å². The van der Waals surface area contributed by atoms with Gasteiger partial charge in [0.1, 0.15) is 5.75 Å². The van der Waals surface area contributed by atoms with Gasteiger partial charge in [-0.25, -0.2) is 0 Å². The molecule has 5 nitrogen and oxygen atoms in total. The molecule has 0 unspecified atom stereocenters. The third-order valence-electron chi connectivity index (χ3n) is 3.18. The molecule has 2 N–H and O–H groups in total. The number of carboxylic acid groups (broad SMARTS) is 1. The van der Waals surface area contributed by atoms with E-state index in [4.69, 9.17) is 33.0 Å². The zero-order valence-electron chi connectivity index (χ0n) is 10.5. The van der Waals surface area contributed by atoms with Gasteiger partial charge in [-0.05, 0) is 25.0 Å². The van der Waals surface area contributed by atoms with Crippen molar-refractivity contribution in [3.63, 3.8) is 0 Å². The number of carbonyl (C=O) groups excluding carboxylic acids is 1. The van der Waals surface area contributed by atoms with Crippen molar-refractivity contribution in [2.24, 2.45) is 5.41 Å². The smallest absolute Gasteiger partial charge is 0.311 e. The van der Waals surface area contributed by atoms with Gasteiger partial charge >= 0.3 is 5.97 Å². The van der Waals surface area contributed by atoms with Crippen LogP contribution in [0.1, 0.15) is 12.8 Å². The largest absolute Gasteiger partial charge is 0.482 e. The summed E-state index contributed by atoms with van der Waals surface area (Å²) in [4.78, 5) is 22.5. The Morgan fingerprint density at radius 2 is 2.05 bits per heavy atom. The van der Waals surface area contributed by atoms with Crippen LogP contribution in [0.4, 0.5) is 0 Å². The second-order valence-electron chi connectivity index (χ2n) is 4.73. The topological polar surface area (TPSA) is 75.6 Å². The van der Waals surface area contributed by atoms with Gasteiger partial charge in [0.05, 0.1) is 10.4 Å². The lowest BCUT2D eigenvalue weighted by molar-refractivity contribution is -0.143. The summed E-state index contributed by atoms with van der Waals surface area (Å²) in [6, 6.07) is 4.69. The Morgan fingerprint density at radius 1 is 1.35 bits per heavy atom. The first-order valence-corrected chi connectivity index (χ1v) is 6.76. The maximum Gasteiger partial charge on any atom is 0.311 e. The van der Waals surface area contributed by atoms with E-state index in [2.05, 4.69) is 5.32 Å². The van der Waals surface area contributed by atoms with Crippen molar-refractivity contribution in [3.8, 4) is 5.75 Å². The molecule has 1 aromatic rings. The van der Waals surface area contributed by atoms with Gasteiger partial charge in [0.2, 0.25) is 0 Å². The molecule has 20 heavy (non-hydrogen) atoms. The Hall–Kier alpha value is -1.46. The molecule has 0 atom stereocenters. The number of hydrogen-bond donors (Lipinski definition) is 2. The summed E-state index contributed by atoms with van der Waals surface area (Å²) in [6.45, 7) is -0.121. The van der Waals surface area contributed by atoms with E-state index in [9.17, 15) is 9.59 Å². The second-order valence-corrected chi connectivity index (χ2v) is 5.57. The van der Waals surface area contributed by atoms with Crippen molar-refractivity contribution in [1.82, 2.24) is 5.32 Å². The first-order valence-electron chi connectivity index (χ1n) is 6.01. The average molecular weight is 318 g/mol. The average Bonchev–Trinajstić information content (AvgIpc) is 3.18. The Morgan fingerprint density at radius 3 is 2.65 bits per heavy atom. The van der Waals surface area contributed by atoms with E-state index < -0.39 is 17.3 Å². The Labute approximate surface area is 125 Å². The van der Waals surface area contributed by atoms with E-state index in [0.717, 1.165) is 0 Å². The van der Waals surface area contributed by atoms with Gasteiger partial charge in [0, 0.05) is 17.6 Å². The summed E-state index contributed by atoms with van der Waals surface area (Å²) >= 11 is 11.7. The molecule has 1 saturated carbocycles. The monoisotopic (exact) mass is 317 g/mol. The molecule has 0 bridgehead atoms. The SMILES string of the molecule is O=C(COc1cc(Cl)ccc1Cl)NCC1(C(=O)O)CC1. The van der Waals surface area contributed by atoms with Gasteiger partial charge in [0.25, 0.3) is 5.91 Å². The summed E-state index contributed by atoms with van der Waals surface area (Å²) in [7, 11) is 0. The minimum atomic E-state index is -0.878. The normalized spacial score (nSPS) is 15.5. The maximum absolute atomic E-state index is 11.6. The number of rotatable bonds is 6. The highest BCUT2D eigenvalue weighted by atomic mass is 35.5. The van der Waals surface area contributed by atoms with Crippen molar-refractivity contribution in [2.75, 3.05) is 13.2 Å². The van der Waals surface area contributed by atoms with Crippen molar-refractivity contribution in [2.45, 2.75) is 12.8 Å². The zero-order valence-corrected chi connectivity index (χ0v) is 12.0. The number of benzene rings is 1. The number of carboxylic acids is 1. The third-order valence-corrected chi connectivity index (χ3v) is 3.73. The number of hydrogen-bond acceptors (Lipinski definition) is 3. The van der Waals surface area contributed by atoms with Gasteiger partial charge in [0.15, 0.2) is 6.61 Å². The van der Waals surface area contributed by atoms with Crippen LogP contribution in [0.2, 0.25) is 10.0 Å². The summed E-state index contributed by atoms with van der Waals surface area (Å²) in [5.74, 6) is -0.959. The molecular weight excluding hydrogens is 305 g/mol. The molecule has 7 heteroatoms. The van der Waals surface area contributed by atoms with E-state index in [0.29, 0.717) is 28.6 Å². The molecule has 1 aliphatic carbocycles. The van der Waals surface area contributed by atoms with E-state index in [1.165, 1.54) is 6.07 Å². The van der Waals surface area contributed by atoms with Crippen molar-refractivity contribution < 1.29 is 19.4 Å². The van der Waals surface area contributed by atoms with Crippen molar-refractivity contribution in [3.05, 3.63) is 28.2 Å². The molecule has 0 saturated heterocycles. The Kier molecular flexibility index (Phi) is 4.40. The molecule has 0 radical (unpaired) electrons. The highest BCUT2D eigenvalue weighted by Gasteiger charge is 2.50. The minimum Gasteiger partial charge on any atom is -0.482 e. The molecule has 2 rings (SSSR count). The summed E-state index contributed by atoms with van der Waals surface area (Å²) in [5, 5.41) is 12.3. The number of nitrogens with one attached hydrogen (secondary N) is 1. The number of carbonyl (C=O) groups is 2. The molecule has 1 fully saturated rings. The third kappa shape index (κ3) is 3.55. The molecule has 1 amide bonds. The minimum absolute atomic E-state index is 0.119. The van der Waals surface area contributed by atoms with Crippen LogP contribution in [0.25, 0.3) is 0 Å². The predicted molar refractivity (Wildman–Crippen MR) is 74.3 cm³/mol. The number of ether oxygens (including phenoxy) is 1. The quantitative estimate of drug-likeness (QED) is 0.844. The number of aliphatic carboxylic acids is 1. The number of halogens is 2. The van der Waals surface area contributed by atoms with Gasteiger partial charge in [-0.15, -0.1) is 0 Å². The van der Waals surface area contributed by atoms with Crippen LogP contribution in [0, 0.1) is 5.41 Å². The lowest BCUT2D eigenvalue weighted by Gasteiger charge is -2.12. The molecule has 108 valence electrons. The second kappa shape index (κ2) is 5.89. The van der Waals surface area contributed by atoms with E-state index in [1.54, 1.807) is 12.1 Å². The van der Waals surface area contributed by atoms with Gasteiger partial charge < -0.3 is 15.2 Å². The van der Waals surface area contributed by atoms with Crippen molar-refractivity contribution >= 4 is 35.1 Å². The summed E-state index contributed by atoms with van der Waals surface area (Å²) in [5.41, 5.74) is -0.788. The van der Waals surface area contributed by atoms with Crippen molar-refractivity contribution in [1.29, 1.82) is 0 Å².